The lowest BCUT2D eigenvalue weighted by molar-refractivity contribution is 0.174. The van der Waals surface area contributed by atoms with E-state index in [-0.39, 0.29) is 0 Å². The third-order valence-corrected chi connectivity index (χ3v) is 6.23. The SMILES string of the molecule is c1cn(-c2nsc(N(CCCNCc3ccc4c(c3)OCO4)CCC3CC3)n2)cn1. The number of nitrogens with one attached hydrogen (secondary N) is 1. The zero-order chi connectivity index (χ0) is 20.2. The zero-order valence-electron chi connectivity index (χ0n) is 16.9. The molecular formula is C21H26N6O2S. The summed E-state index contributed by atoms with van der Waals surface area (Å²) in [7, 11) is 0. The van der Waals surface area contributed by atoms with Crippen molar-refractivity contribution < 1.29 is 9.47 Å². The summed E-state index contributed by atoms with van der Waals surface area (Å²) < 4.78 is 17.2. The largest absolute Gasteiger partial charge is 0.454 e. The van der Waals surface area contributed by atoms with Crippen molar-refractivity contribution in [1.29, 1.82) is 0 Å². The minimum Gasteiger partial charge on any atom is -0.454 e. The van der Waals surface area contributed by atoms with Crippen LogP contribution >= 0.6 is 11.5 Å². The molecule has 2 aliphatic rings. The predicted octanol–water partition coefficient (Wildman–Crippen LogP) is 3.24. The maximum atomic E-state index is 5.45. The fourth-order valence-electron chi connectivity index (χ4n) is 3.55. The Labute approximate surface area is 180 Å². The second-order valence-electron chi connectivity index (χ2n) is 7.78. The van der Waals surface area contributed by atoms with Gasteiger partial charge in [0.05, 0.1) is 0 Å². The van der Waals surface area contributed by atoms with Crippen LogP contribution in [0.4, 0.5) is 5.13 Å². The van der Waals surface area contributed by atoms with Gasteiger partial charge >= 0.3 is 0 Å². The lowest BCUT2D eigenvalue weighted by Gasteiger charge is -2.21. The van der Waals surface area contributed by atoms with E-state index in [1.54, 1.807) is 12.5 Å². The number of imidazole rings is 1. The molecule has 0 unspecified atom stereocenters. The quantitative estimate of drug-likeness (QED) is 0.472. The smallest absolute Gasteiger partial charge is 0.248 e. The minimum absolute atomic E-state index is 0.317. The molecule has 1 N–H and O–H groups in total. The Hall–Kier alpha value is -2.65. The van der Waals surface area contributed by atoms with Crippen molar-refractivity contribution in [3.05, 3.63) is 42.5 Å². The van der Waals surface area contributed by atoms with Gasteiger partial charge in [0, 0.05) is 43.6 Å². The van der Waals surface area contributed by atoms with Crippen LogP contribution in [0, 0.1) is 5.92 Å². The van der Waals surface area contributed by atoms with Crippen LogP contribution in [0.25, 0.3) is 5.95 Å². The van der Waals surface area contributed by atoms with E-state index in [1.807, 2.05) is 16.8 Å². The number of fused-ring (bicyclic) bond motifs is 1. The second kappa shape index (κ2) is 9.01. The highest BCUT2D eigenvalue weighted by molar-refractivity contribution is 7.09. The van der Waals surface area contributed by atoms with Crippen LogP contribution in [0.5, 0.6) is 11.5 Å². The van der Waals surface area contributed by atoms with Gasteiger partial charge in [-0.05, 0) is 43.0 Å². The van der Waals surface area contributed by atoms with Crippen LogP contribution < -0.4 is 19.7 Å². The first kappa shape index (κ1) is 19.3. The molecule has 0 saturated heterocycles. The number of anilines is 1. The Balaban J connectivity index is 1.12. The molecule has 8 nitrogen and oxygen atoms in total. The normalized spacial score (nSPS) is 14.9. The average Bonchev–Trinajstić information content (AvgIpc) is 3.19. The molecule has 1 aromatic carbocycles. The van der Waals surface area contributed by atoms with Gasteiger partial charge in [-0.25, -0.2) is 4.98 Å². The minimum atomic E-state index is 0.317. The summed E-state index contributed by atoms with van der Waals surface area (Å²) >= 11 is 1.47. The third-order valence-electron chi connectivity index (χ3n) is 5.46. The molecule has 1 aliphatic heterocycles. The Kier molecular flexibility index (Phi) is 5.80. The summed E-state index contributed by atoms with van der Waals surface area (Å²) in [5, 5.41) is 4.53. The van der Waals surface area contributed by atoms with Crippen molar-refractivity contribution in [2.24, 2.45) is 5.92 Å². The molecule has 3 aromatic rings. The van der Waals surface area contributed by atoms with E-state index in [0.29, 0.717) is 12.7 Å². The zero-order valence-corrected chi connectivity index (χ0v) is 17.7. The summed E-state index contributed by atoms with van der Waals surface area (Å²) in [6.07, 6.45) is 10.4. The van der Waals surface area contributed by atoms with E-state index in [1.165, 1.54) is 36.4 Å². The molecule has 30 heavy (non-hydrogen) atoms. The summed E-state index contributed by atoms with van der Waals surface area (Å²) in [4.78, 5) is 11.2. The van der Waals surface area contributed by atoms with Gasteiger partial charge in [0.15, 0.2) is 11.5 Å². The summed E-state index contributed by atoms with van der Waals surface area (Å²) in [6.45, 7) is 4.10. The van der Waals surface area contributed by atoms with E-state index >= 15 is 0 Å². The van der Waals surface area contributed by atoms with E-state index < -0.39 is 0 Å². The summed E-state index contributed by atoms with van der Waals surface area (Å²) in [5.41, 5.74) is 1.21. The number of aromatic nitrogens is 4. The first-order valence-corrected chi connectivity index (χ1v) is 11.3. The number of hydrogen-bond acceptors (Lipinski definition) is 8. The van der Waals surface area contributed by atoms with Crippen LogP contribution in [-0.2, 0) is 6.54 Å². The van der Waals surface area contributed by atoms with Crippen molar-refractivity contribution in [3.63, 3.8) is 0 Å². The van der Waals surface area contributed by atoms with Crippen LogP contribution in [0.1, 0.15) is 31.2 Å². The number of hydrogen-bond donors (Lipinski definition) is 1. The van der Waals surface area contributed by atoms with Gasteiger partial charge in [0.25, 0.3) is 0 Å². The highest BCUT2D eigenvalue weighted by Crippen LogP contribution is 2.33. The molecule has 1 aliphatic carbocycles. The molecule has 5 rings (SSSR count). The van der Waals surface area contributed by atoms with Crippen LogP contribution in [0.3, 0.4) is 0 Å². The first-order chi connectivity index (χ1) is 14.8. The summed E-state index contributed by atoms with van der Waals surface area (Å²) in [5.74, 6) is 3.27. The molecule has 1 saturated carbocycles. The van der Waals surface area contributed by atoms with Crippen molar-refractivity contribution in [3.8, 4) is 17.4 Å². The fraction of sp³-hybridized carbons (Fsp3) is 0.476. The topological polar surface area (TPSA) is 77.3 Å². The molecule has 9 heteroatoms. The van der Waals surface area contributed by atoms with Crippen LogP contribution in [0.2, 0.25) is 0 Å². The predicted molar refractivity (Wildman–Crippen MR) is 115 cm³/mol. The van der Waals surface area contributed by atoms with Gasteiger partial charge in [-0.3, -0.25) is 4.57 Å². The lowest BCUT2D eigenvalue weighted by Crippen LogP contribution is -2.28. The molecule has 0 radical (unpaired) electrons. The Morgan fingerprint density at radius 2 is 2.13 bits per heavy atom. The number of ether oxygens (including phenoxy) is 2. The lowest BCUT2D eigenvalue weighted by atomic mass is 10.2. The standard InChI is InChI=1S/C21H26N6O2S/c1(7-22-13-17-4-5-18-19(12-17)29-15-28-18)9-26(10-6-16-2-3-16)21-24-20(25-30-21)27-11-8-23-14-27/h4-5,8,11-12,14,16,22H,1-3,6-7,9-10,13,15H2. The molecule has 0 atom stereocenters. The van der Waals surface area contributed by atoms with Gasteiger partial charge in [-0.15, -0.1) is 0 Å². The summed E-state index contributed by atoms with van der Waals surface area (Å²) in [6, 6.07) is 6.11. The Morgan fingerprint density at radius 3 is 3.00 bits per heavy atom. The highest BCUT2D eigenvalue weighted by atomic mass is 32.1. The van der Waals surface area contributed by atoms with Gasteiger partial charge < -0.3 is 19.7 Å². The first-order valence-electron chi connectivity index (χ1n) is 10.5. The number of rotatable bonds is 11. The molecular weight excluding hydrogens is 400 g/mol. The molecule has 2 aromatic heterocycles. The van der Waals surface area contributed by atoms with Crippen molar-refractivity contribution in [2.45, 2.75) is 32.2 Å². The molecule has 3 heterocycles. The Morgan fingerprint density at radius 1 is 1.20 bits per heavy atom. The van der Waals surface area contributed by atoms with E-state index in [0.717, 1.165) is 55.1 Å². The van der Waals surface area contributed by atoms with Gasteiger partial charge in [0.1, 0.15) is 6.33 Å². The molecule has 158 valence electrons. The van der Waals surface area contributed by atoms with Crippen molar-refractivity contribution in [1.82, 2.24) is 24.2 Å². The highest BCUT2D eigenvalue weighted by Gasteiger charge is 2.23. The van der Waals surface area contributed by atoms with Crippen molar-refractivity contribution >= 4 is 16.7 Å². The van der Waals surface area contributed by atoms with E-state index in [9.17, 15) is 0 Å². The fourth-order valence-corrected chi connectivity index (χ4v) is 4.26. The van der Waals surface area contributed by atoms with E-state index in [2.05, 4.69) is 31.7 Å². The monoisotopic (exact) mass is 426 g/mol. The number of benzene rings is 1. The average molecular weight is 427 g/mol. The molecule has 0 bridgehead atoms. The second-order valence-corrected chi connectivity index (χ2v) is 8.51. The van der Waals surface area contributed by atoms with Crippen molar-refractivity contribution in [2.75, 3.05) is 31.3 Å². The maximum Gasteiger partial charge on any atom is 0.248 e. The molecule has 0 amide bonds. The van der Waals surface area contributed by atoms with Crippen LogP contribution in [-0.4, -0.2) is 45.3 Å². The molecule has 1 fully saturated rings. The third kappa shape index (κ3) is 4.73. The Bertz CT molecular complexity index is 956. The number of nitrogens with zero attached hydrogens (tertiary/aromatic N) is 5. The van der Waals surface area contributed by atoms with Gasteiger partial charge in [0.2, 0.25) is 17.9 Å². The van der Waals surface area contributed by atoms with E-state index in [4.69, 9.17) is 14.5 Å². The van der Waals surface area contributed by atoms with Gasteiger partial charge in [-0.1, -0.05) is 18.9 Å². The van der Waals surface area contributed by atoms with Crippen LogP contribution in [0.15, 0.2) is 36.9 Å². The maximum absolute atomic E-state index is 5.45. The van der Waals surface area contributed by atoms with Gasteiger partial charge in [-0.2, -0.15) is 9.36 Å². The molecule has 0 spiro atoms.